The van der Waals surface area contributed by atoms with Crippen molar-refractivity contribution < 1.29 is 144 Å². The molecule has 0 bridgehead atoms. The van der Waals surface area contributed by atoms with Gasteiger partial charge in [0.2, 0.25) is 0 Å². The fourth-order valence-electron chi connectivity index (χ4n) is 8.77. The van der Waals surface area contributed by atoms with Gasteiger partial charge in [-0.3, -0.25) is 0 Å². The van der Waals surface area contributed by atoms with Gasteiger partial charge in [0.25, 0.3) is 0 Å². The number of ether oxygens (including phenoxy) is 12. The molecule has 30 atom stereocenters. The second kappa shape index (κ2) is 24.7. The van der Waals surface area contributed by atoms with Crippen LogP contribution in [0.15, 0.2) is 12.7 Å². The molecule has 0 aromatic carbocycles. The van der Waals surface area contributed by atoms with Crippen molar-refractivity contribution in [3.63, 3.8) is 0 Å². The van der Waals surface area contributed by atoms with Crippen molar-refractivity contribution in [2.75, 3.05) is 39.6 Å². The Labute approximate surface area is 392 Å². The normalized spacial score (nSPS) is 52.1. The zero-order valence-electron chi connectivity index (χ0n) is 36.9. The molecular formula is C39H67NO29. The lowest BCUT2D eigenvalue weighted by atomic mass is 9.94. The molecule has 0 aromatic rings. The van der Waals surface area contributed by atoms with Gasteiger partial charge in [-0.2, -0.15) is 0 Å². The van der Waals surface area contributed by atoms with Gasteiger partial charge in [-0.25, -0.2) is 0 Å². The molecule has 6 aliphatic heterocycles. The van der Waals surface area contributed by atoms with E-state index >= 15 is 0 Å². The molecule has 19 N–H and O–H groups in total. The second-order valence-corrected chi connectivity index (χ2v) is 17.4. The van der Waals surface area contributed by atoms with E-state index in [0.29, 0.717) is 0 Å². The number of aliphatic hydroxyl groups excluding tert-OH is 17. The molecule has 19 unspecified atom stereocenters. The molecule has 0 spiro atoms. The van der Waals surface area contributed by atoms with Crippen LogP contribution in [-0.4, -0.2) is 311 Å². The lowest BCUT2D eigenvalue weighted by Gasteiger charge is -2.50. The van der Waals surface area contributed by atoms with Crippen molar-refractivity contribution in [3.8, 4) is 0 Å². The number of hydrogen-bond donors (Lipinski definition) is 18. The van der Waals surface area contributed by atoms with Crippen LogP contribution in [0.2, 0.25) is 0 Å². The fraction of sp³-hybridized carbons (Fsp3) is 0.949. The van der Waals surface area contributed by atoms with Gasteiger partial charge < -0.3 is 149 Å². The zero-order chi connectivity index (χ0) is 50.8. The van der Waals surface area contributed by atoms with E-state index in [9.17, 15) is 86.8 Å². The molecule has 6 rings (SSSR count). The summed E-state index contributed by atoms with van der Waals surface area (Å²) < 4.78 is 68.0. The molecule has 0 amide bonds. The Morgan fingerprint density at radius 2 is 0.754 bits per heavy atom. The van der Waals surface area contributed by atoms with Crippen LogP contribution >= 0.6 is 0 Å². The number of rotatable bonds is 18. The van der Waals surface area contributed by atoms with Crippen molar-refractivity contribution in [2.45, 2.75) is 191 Å². The van der Waals surface area contributed by atoms with E-state index in [1.807, 2.05) is 0 Å². The highest BCUT2D eigenvalue weighted by atomic mass is 16.8. The Morgan fingerprint density at radius 1 is 0.377 bits per heavy atom. The predicted molar refractivity (Wildman–Crippen MR) is 214 cm³/mol. The van der Waals surface area contributed by atoms with Crippen molar-refractivity contribution in [1.29, 1.82) is 0 Å². The van der Waals surface area contributed by atoms with Crippen LogP contribution in [0.4, 0.5) is 0 Å². The van der Waals surface area contributed by atoms with Crippen molar-refractivity contribution in [1.82, 2.24) is 0 Å². The van der Waals surface area contributed by atoms with Crippen LogP contribution < -0.4 is 5.73 Å². The third kappa shape index (κ3) is 11.9. The van der Waals surface area contributed by atoms with E-state index in [0.717, 1.165) is 0 Å². The minimum atomic E-state index is -2.15. The van der Waals surface area contributed by atoms with E-state index in [-0.39, 0.29) is 6.61 Å². The maximum absolute atomic E-state index is 11.6. The molecule has 0 radical (unpaired) electrons. The smallest absolute Gasteiger partial charge is 0.187 e. The lowest BCUT2D eigenvalue weighted by Crippen LogP contribution is -2.69. The van der Waals surface area contributed by atoms with Gasteiger partial charge in [-0.15, -0.1) is 6.58 Å². The predicted octanol–water partition coefficient (Wildman–Crippen LogP) is -11.9. The van der Waals surface area contributed by atoms with Crippen molar-refractivity contribution in [3.05, 3.63) is 12.7 Å². The summed E-state index contributed by atoms with van der Waals surface area (Å²) in [5.41, 5.74) is 6.50. The average Bonchev–Trinajstić information content (AvgIpc) is 3.34. The third-order valence-corrected chi connectivity index (χ3v) is 12.8. The number of aliphatic hydroxyl groups is 17. The Hall–Kier alpha value is -1.46. The van der Waals surface area contributed by atoms with E-state index in [4.69, 9.17) is 62.6 Å². The first-order valence-corrected chi connectivity index (χ1v) is 22.2. The summed E-state index contributed by atoms with van der Waals surface area (Å²) in [4.78, 5) is 0. The largest absolute Gasteiger partial charge is 0.394 e. The lowest BCUT2D eigenvalue weighted by molar-refractivity contribution is -0.392. The molecule has 0 saturated carbocycles. The summed E-state index contributed by atoms with van der Waals surface area (Å²) in [7, 11) is 0. The highest BCUT2D eigenvalue weighted by Crippen LogP contribution is 2.37. The fourth-order valence-corrected chi connectivity index (χ4v) is 8.77. The van der Waals surface area contributed by atoms with Gasteiger partial charge in [-0.05, 0) is 6.92 Å². The topological polar surface area (TPSA) is 481 Å². The molecule has 6 aliphatic rings. The summed E-state index contributed by atoms with van der Waals surface area (Å²) in [5, 5.41) is 182. The van der Waals surface area contributed by atoms with E-state index in [1.54, 1.807) is 0 Å². The van der Waals surface area contributed by atoms with Gasteiger partial charge in [0, 0.05) is 0 Å². The summed E-state index contributed by atoms with van der Waals surface area (Å²) in [6, 6.07) is -1.73. The maximum atomic E-state index is 11.6. The molecule has 0 aromatic heterocycles. The SMILES string of the molecule is C=CCO[C@@H]1OC(CO)[C@@H](O[C@@H]2OC(CO)[C@H](O[C@H]3OC(CO)[C@H](O)C(OC4OC(CO)[C@H](O)C(O[C@@H]5OC(CO)[C@H](O)C(O)C5O[C@@H]5OC(C)[C@@H](O)C(O)C5O)C4N)C3O)C(O)C2O)C(O)C1O. The van der Waals surface area contributed by atoms with E-state index in [1.165, 1.54) is 13.0 Å². The summed E-state index contributed by atoms with van der Waals surface area (Å²) in [5.74, 6) is 0. The highest BCUT2D eigenvalue weighted by Gasteiger charge is 2.57. The molecule has 30 nitrogen and oxygen atoms in total. The molecule has 69 heavy (non-hydrogen) atoms. The summed E-state index contributed by atoms with van der Waals surface area (Å²) in [6.07, 6.45) is -50.5. The van der Waals surface area contributed by atoms with E-state index < -0.39 is 217 Å². The Bertz CT molecular complexity index is 1580. The number of nitrogens with two attached hydrogens (primary N) is 1. The Kier molecular flexibility index (Phi) is 20.4. The van der Waals surface area contributed by atoms with Gasteiger partial charge >= 0.3 is 0 Å². The van der Waals surface area contributed by atoms with Gasteiger partial charge in [0.05, 0.1) is 51.8 Å². The summed E-state index contributed by atoms with van der Waals surface area (Å²) in [6.45, 7) is 0.102. The quantitative estimate of drug-likeness (QED) is 0.0567. The molecule has 402 valence electrons. The molecule has 30 heteroatoms. The second-order valence-electron chi connectivity index (χ2n) is 17.4. The minimum Gasteiger partial charge on any atom is -0.394 e. The van der Waals surface area contributed by atoms with Gasteiger partial charge in [-0.1, -0.05) is 6.08 Å². The monoisotopic (exact) mass is 1010 g/mol. The molecule has 0 aliphatic carbocycles. The number of hydrogen-bond acceptors (Lipinski definition) is 30. The first-order valence-electron chi connectivity index (χ1n) is 22.2. The average molecular weight is 1010 g/mol. The summed E-state index contributed by atoms with van der Waals surface area (Å²) >= 11 is 0. The van der Waals surface area contributed by atoms with Crippen LogP contribution in [0.25, 0.3) is 0 Å². The standard InChI is InChI=1S/C39H67NO29/c1-3-4-58-35-26(55)23(52)29(14(8-44)63-35)65-37-27(56)24(53)30(15(9-45)64-37)66-38-28(57)32(20(49)13(7-43)61-38)68-34-16(40)31(19(48)12(6-42)60-34)67-39-33(22(51)18(47)11(5-41)62-39)69-36-25(54)21(50)17(46)10(2)59-36/h3,10-39,41-57H,1,4-9,40H2,2H3/t10?,11?,12?,13?,14?,15?,16?,17-,18+,19+,20+,21?,22?,23?,24?,25?,26?,27?,28?,29-,30+,31?,32?,33?,34?,35-,36+,37+,38-,39+/m1/s1. The van der Waals surface area contributed by atoms with Crippen LogP contribution in [0.3, 0.4) is 0 Å². The molecule has 6 saturated heterocycles. The van der Waals surface area contributed by atoms with Crippen LogP contribution in [-0.2, 0) is 56.8 Å². The van der Waals surface area contributed by atoms with Crippen LogP contribution in [0.1, 0.15) is 6.92 Å². The van der Waals surface area contributed by atoms with Crippen LogP contribution in [0, 0.1) is 0 Å². The third-order valence-electron chi connectivity index (χ3n) is 12.8. The Morgan fingerprint density at radius 3 is 1.30 bits per heavy atom. The molecule has 6 fully saturated rings. The minimum absolute atomic E-state index is 0.101. The van der Waals surface area contributed by atoms with Gasteiger partial charge in [0.15, 0.2) is 37.7 Å². The highest BCUT2D eigenvalue weighted by molar-refractivity contribution is 5.00. The van der Waals surface area contributed by atoms with Crippen molar-refractivity contribution in [2.24, 2.45) is 5.73 Å². The zero-order valence-corrected chi connectivity index (χ0v) is 36.9. The molecular weight excluding hydrogens is 946 g/mol. The maximum Gasteiger partial charge on any atom is 0.187 e. The first-order chi connectivity index (χ1) is 32.8. The molecule has 6 heterocycles. The Balaban J connectivity index is 1.17. The van der Waals surface area contributed by atoms with Gasteiger partial charge in [0.1, 0.15) is 134 Å². The van der Waals surface area contributed by atoms with Crippen molar-refractivity contribution >= 4 is 0 Å². The van der Waals surface area contributed by atoms with Crippen LogP contribution in [0.5, 0.6) is 0 Å². The first kappa shape index (κ1) is 56.8. The van der Waals surface area contributed by atoms with E-state index in [2.05, 4.69) is 6.58 Å².